The van der Waals surface area contributed by atoms with Crippen LogP contribution in [0.1, 0.15) is 37.1 Å². The number of rotatable bonds is 12. The Bertz CT molecular complexity index is 829. The van der Waals surface area contributed by atoms with Crippen molar-refractivity contribution in [1.29, 1.82) is 0 Å². The van der Waals surface area contributed by atoms with E-state index >= 15 is 0 Å². The van der Waals surface area contributed by atoms with Gasteiger partial charge in [-0.3, -0.25) is 9.80 Å². The molecule has 172 valence electrons. The fourth-order valence-corrected chi connectivity index (χ4v) is 4.67. The number of sulfone groups is 1. The van der Waals surface area contributed by atoms with Gasteiger partial charge in [0.05, 0.1) is 25.7 Å². The fraction of sp³-hybridized carbons (Fsp3) is 0.500. The quantitative estimate of drug-likeness (QED) is 0.492. The van der Waals surface area contributed by atoms with Gasteiger partial charge < -0.3 is 9.47 Å². The summed E-state index contributed by atoms with van der Waals surface area (Å²) in [5.41, 5.74) is 2.27. The highest BCUT2D eigenvalue weighted by Gasteiger charge is 2.19. The largest absolute Gasteiger partial charge is 0.497 e. The van der Waals surface area contributed by atoms with Crippen LogP contribution in [0.4, 0.5) is 0 Å². The van der Waals surface area contributed by atoms with E-state index in [0.717, 1.165) is 22.6 Å². The molecule has 0 saturated heterocycles. The second-order valence-corrected chi connectivity index (χ2v) is 10.3. The first-order valence-electron chi connectivity index (χ1n) is 10.6. The first-order valence-corrected chi connectivity index (χ1v) is 12.4. The standard InChI is InChI=1S/C24H36N2O4S/c1-19(21-7-11-23(29-5)12-8-21)25(3)15-17-31(27,28)18-16-26(4)20(2)22-9-13-24(30-6)14-10-22/h7-14,19-20H,15-18H2,1-6H3. The Kier molecular flexibility index (Phi) is 9.34. The predicted octanol–water partition coefficient (Wildman–Crippen LogP) is 3.80. The number of nitrogens with zero attached hydrogens (tertiary/aromatic N) is 2. The van der Waals surface area contributed by atoms with Crippen molar-refractivity contribution in [3.63, 3.8) is 0 Å². The third kappa shape index (κ3) is 7.52. The number of benzene rings is 2. The van der Waals surface area contributed by atoms with Gasteiger partial charge in [0.2, 0.25) is 0 Å². The van der Waals surface area contributed by atoms with E-state index in [1.165, 1.54) is 0 Å². The van der Waals surface area contributed by atoms with Crippen LogP contribution in [0.5, 0.6) is 11.5 Å². The maximum absolute atomic E-state index is 12.6. The maximum Gasteiger partial charge on any atom is 0.152 e. The second-order valence-electron chi connectivity index (χ2n) is 8.01. The van der Waals surface area contributed by atoms with E-state index in [2.05, 4.69) is 23.6 Å². The fourth-order valence-electron chi connectivity index (χ4n) is 3.33. The molecular formula is C24H36N2O4S. The molecule has 0 aromatic heterocycles. The smallest absolute Gasteiger partial charge is 0.152 e. The van der Waals surface area contributed by atoms with Gasteiger partial charge in [-0.1, -0.05) is 24.3 Å². The molecule has 0 spiro atoms. The molecule has 0 radical (unpaired) electrons. The molecule has 0 aliphatic heterocycles. The summed E-state index contributed by atoms with van der Waals surface area (Å²) in [5, 5.41) is 0. The molecule has 2 atom stereocenters. The monoisotopic (exact) mass is 448 g/mol. The van der Waals surface area contributed by atoms with E-state index in [1.807, 2.05) is 62.6 Å². The van der Waals surface area contributed by atoms with Crippen LogP contribution in [-0.2, 0) is 9.84 Å². The summed E-state index contributed by atoms with van der Waals surface area (Å²) < 4.78 is 35.7. The van der Waals surface area contributed by atoms with E-state index in [9.17, 15) is 8.42 Å². The Labute approximate surface area is 187 Å². The number of methoxy groups -OCH3 is 2. The minimum absolute atomic E-state index is 0.124. The van der Waals surface area contributed by atoms with Crippen LogP contribution in [0.25, 0.3) is 0 Å². The molecule has 2 unspecified atom stereocenters. The molecule has 0 N–H and O–H groups in total. The molecule has 2 aromatic carbocycles. The van der Waals surface area contributed by atoms with Crippen molar-refractivity contribution < 1.29 is 17.9 Å². The molecule has 7 heteroatoms. The van der Waals surface area contributed by atoms with E-state index in [4.69, 9.17) is 9.47 Å². The zero-order valence-electron chi connectivity index (χ0n) is 19.5. The molecule has 2 aromatic rings. The van der Waals surface area contributed by atoms with Crippen LogP contribution < -0.4 is 9.47 Å². The lowest BCUT2D eigenvalue weighted by Gasteiger charge is -2.26. The Morgan fingerprint density at radius 3 is 1.32 bits per heavy atom. The Morgan fingerprint density at radius 1 is 0.710 bits per heavy atom. The normalized spacial score (nSPS) is 13.9. The summed E-state index contributed by atoms with van der Waals surface area (Å²) in [6.07, 6.45) is 0. The molecule has 0 fully saturated rings. The van der Waals surface area contributed by atoms with Gasteiger partial charge in [-0.05, 0) is 63.3 Å². The average Bonchev–Trinajstić information content (AvgIpc) is 2.80. The van der Waals surface area contributed by atoms with Gasteiger partial charge in [-0.2, -0.15) is 0 Å². The highest BCUT2D eigenvalue weighted by molar-refractivity contribution is 7.91. The first-order chi connectivity index (χ1) is 14.7. The van der Waals surface area contributed by atoms with Gasteiger partial charge in [0.25, 0.3) is 0 Å². The highest BCUT2D eigenvalue weighted by atomic mass is 32.2. The third-order valence-electron chi connectivity index (χ3n) is 6.03. The number of hydrogen-bond donors (Lipinski definition) is 0. The molecule has 0 amide bonds. The lowest BCUT2D eigenvalue weighted by molar-refractivity contribution is 0.272. The first kappa shape index (κ1) is 25.2. The van der Waals surface area contributed by atoms with E-state index in [0.29, 0.717) is 13.1 Å². The van der Waals surface area contributed by atoms with Crippen molar-refractivity contribution >= 4 is 9.84 Å². The topological polar surface area (TPSA) is 59.1 Å². The van der Waals surface area contributed by atoms with Crippen LogP contribution in [0, 0.1) is 0 Å². The molecule has 0 aliphatic carbocycles. The summed E-state index contributed by atoms with van der Waals surface area (Å²) in [5.74, 6) is 1.92. The van der Waals surface area contributed by atoms with E-state index in [-0.39, 0.29) is 23.6 Å². The highest BCUT2D eigenvalue weighted by Crippen LogP contribution is 2.23. The molecule has 0 bridgehead atoms. The summed E-state index contributed by atoms with van der Waals surface area (Å²) in [4.78, 5) is 4.14. The van der Waals surface area contributed by atoms with Crippen molar-refractivity contribution in [2.75, 3.05) is 52.9 Å². The Morgan fingerprint density at radius 2 is 1.03 bits per heavy atom. The van der Waals surface area contributed by atoms with Gasteiger partial charge in [-0.15, -0.1) is 0 Å². The summed E-state index contributed by atoms with van der Waals surface area (Å²) >= 11 is 0. The van der Waals surface area contributed by atoms with Crippen molar-refractivity contribution in [3.05, 3.63) is 59.7 Å². The van der Waals surface area contributed by atoms with Gasteiger partial charge in [-0.25, -0.2) is 8.42 Å². The number of ether oxygens (including phenoxy) is 2. The van der Waals surface area contributed by atoms with Crippen LogP contribution in [0.2, 0.25) is 0 Å². The van der Waals surface area contributed by atoms with Crippen LogP contribution >= 0.6 is 0 Å². The van der Waals surface area contributed by atoms with Crippen molar-refractivity contribution in [2.24, 2.45) is 0 Å². The lowest BCUT2D eigenvalue weighted by Crippen LogP contribution is -2.33. The van der Waals surface area contributed by atoms with Gasteiger partial charge in [0.1, 0.15) is 11.5 Å². The number of hydrogen-bond acceptors (Lipinski definition) is 6. The minimum Gasteiger partial charge on any atom is -0.497 e. The van der Waals surface area contributed by atoms with Crippen molar-refractivity contribution in [1.82, 2.24) is 9.80 Å². The van der Waals surface area contributed by atoms with Gasteiger partial charge in [0.15, 0.2) is 9.84 Å². The Hall–Kier alpha value is -2.09. The van der Waals surface area contributed by atoms with E-state index < -0.39 is 9.84 Å². The van der Waals surface area contributed by atoms with Crippen LogP contribution in [-0.4, -0.2) is 71.1 Å². The molecule has 2 rings (SSSR count). The average molecular weight is 449 g/mol. The zero-order valence-corrected chi connectivity index (χ0v) is 20.4. The van der Waals surface area contributed by atoms with Crippen molar-refractivity contribution in [2.45, 2.75) is 25.9 Å². The molecule has 0 aliphatic rings. The lowest BCUT2D eigenvalue weighted by atomic mass is 10.1. The molecule has 6 nitrogen and oxygen atoms in total. The maximum atomic E-state index is 12.6. The van der Waals surface area contributed by atoms with Gasteiger partial charge in [0, 0.05) is 25.2 Å². The molecule has 31 heavy (non-hydrogen) atoms. The zero-order chi connectivity index (χ0) is 23.0. The van der Waals surface area contributed by atoms with Crippen LogP contribution in [0.3, 0.4) is 0 Å². The molecule has 0 saturated carbocycles. The summed E-state index contributed by atoms with van der Waals surface area (Å²) in [6.45, 7) is 5.15. The summed E-state index contributed by atoms with van der Waals surface area (Å²) in [7, 11) is 4.06. The molecule has 0 heterocycles. The second kappa shape index (κ2) is 11.5. The van der Waals surface area contributed by atoms with Gasteiger partial charge >= 0.3 is 0 Å². The SMILES string of the molecule is COc1ccc(C(C)N(C)CCS(=O)(=O)CCN(C)C(C)c2ccc(OC)cc2)cc1. The van der Waals surface area contributed by atoms with Crippen molar-refractivity contribution in [3.8, 4) is 11.5 Å². The van der Waals surface area contributed by atoms with E-state index in [1.54, 1.807) is 14.2 Å². The summed E-state index contributed by atoms with van der Waals surface area (Å²) in [6, 6.07) is 16.0. The Balaban J connectivity index is 1.84. The third-order valence-corrected chi connectivity index (χ3v) is 7.64. The minimum atomic E-state index is -3.15. The molecular weight excluding hydrogens is 412 g/mol. The van der Waals surface area contributed by atoms with Crippen LogP contribution in [0.15, 0.2) is 48.5 Å². The predicted molar refractivity (Wildman–Crippen MR) is 127 cm³/mol.